The van der Waals surface area contributed by atoms with E-state index < -0.39 is 6.09 Å². The molecule has 0 unspecified atom stereocenters. The van der Waals surface area contributed by atoms with Crippen LogP contribution in [0.15, 0.2) is 48.5 Å². The van der Waals surface area contributed by atoms with Crippen molar-refractivity contribution in [2.45, 2.75) is 25.4 Å². The van der Waals surface area contributed by atoms with Gasteiger partial charge in [0.2, 0.25) is 0 Å². The number of halogens is 1. The van der Waals surface area contributed by atoms with E-state index in [4.69, 9.17) is 16.3 Å². The van der Waals surface area contributed by atoms with Crippen molar-refractivity contribution in [2.75, 3.05) is 18.4 Å². The Morgan fingerprint density at radius 2 is 1.94 bits per heavy atom. The number of hydrogen-bond donors (Lipinski definition) is 2. The van der Waals surface area contributed by atoms with E-state index in [1.807, 2.05) is 30.3 Å². The van der Waals surface area contributed by atoms with Gasteiger partial charge in [-0.1, -0.05) is 47.1 Å². The number of H-pyrrole nitrogens is 1. The number of nitrogens with one attached hydrogen (secondary N) is 2. The maximum absolute atomic E-state index is 13.0. The summed E-state index contributed by atoms with van der Waals surface area (Å²) in [5.74, 6) is 0.712. The lowest BCUT2D eigenvalue weighted by Crippen LogP contribution is -2.38. The number of piperidine rings is 1. The zero-order valence-electron chi connectivity index (χ0n) is 16.6. The number of ether oxygens (including phenoxy) is 1. The first-order valence-corrected chi connectivity index (χ1v) is 10.3. The van der Waals surface area contributed by atoms with E-state index >= 15 is 0 Å². The highest BCUT2D eigenvalue weighted by Gasteiger charge is 2.27. The minimum atomic E-state index is -0.620. The van der Waals surface area contributed by atoms with Gasteiger partial charge < -0.3 is 9.64 Å². The third kappa shape index (κ3) is 5.37. The monoisotopic (exact) mass is 440 g/mol. The molecule has 0 radical (unpaired) electrons. The van der Waals surface area contributed by atoms with Crippen LogP contribution >= 0.6 is 11.6 Å². The molecule has 2 aromatic carbocycles. The van der Waals surface area contributed by atoms with Crippen LogP contribution in [-0.4, -0.2) is 50.6 Å². The summed E-state index contributed by atoms with van der Waals surface area (Å²) < 4.78 is 5.23. The van der Waals surface area contributed by atoms with Gasteiger partial charge in [-0.05, 0) is 36.6 Å². The number of amides is 2. The van der Waals surface area contributed by atoms with Crippen LogP contribution in [0, 0.1) is 0 Å². The van der Waals surface area contributed by atoms with Crippen molar-refractivity contribution in [2.24, 2.45) is 0 Å². The average molecular weight is 441 g/mol. The molecule has 1 saturated heterocycles. The summed E-state index contributed by atoms with van der Waals surface area (Å²) in [6.45, 7) is 1.30. The molecule has 2 amide bonds. The molecule has 1 aliphatic heterocycles. The zero-order chi connectivity index (χ0) is 21.6. The Bertz CT molecular complexity index is 1040. The van der Waals surface area contributed by atoms with Crippen molar-refractivity contribution in [1.82, 2.24) is 25.5 Å². The van der Waals surface area contributed by atoms with E-state index in [0.717, 1.165) is 18.4 Å². The molecular weight excluding hydrogens is 420 g/mol. The molecule has 0 spiro atoms. The fourth-order valence-corrected chi connectivity index (χ4v) is 3.76. The molecule has 2 N–H and O–H groups in total. The largest absolute Gasteiger partial charge is 0.444 e. The highest BCUT2D eigenvalue weighted by Crippen LogP contribution is 2.27. The Labute approximate surface area is 183 Å². The third-order valence-corrected chi connectivity index (χ3v) is 5.33. The van der Waals surface area contributed by atoms with E-state index in [1.54, 1.807) is 23.1 Å². The molecule has 31 heavy (non-hydrogen) atoms. The van der Waals surface area contributed by atoms with Gasteiger partial charge in [0.05, 0.1) is 0 Å². The summed E-state index contributed by atoms with van der Waals surface area (Å²) in [6, 6.07) is 14.1. The maximum atomic E-state index is 13.0. The fraction of sp³-hybridized carbons (Fsp3) is 0.286. The van der Waals surface area contributed by atoms with E-state index in [0.29, 0.717) is 35.2 Å². The molecule has 0 saturated carbocycles. The molecule has 4 rings (SSSR count). The number of likely N-dealkylation sites (tertiary alicyclic amines) is 1. The van der Waals surface area contributed by atoms with Crippen molar-refractivity contribution >= 4 is 29.3 Å². The summed E-state index contributed by atoms with van der Waals surface area (Å²) in [5, 5.41) is 17.1. The lowest BCUT2D eigenvalue weighted by molar-refractivity contribution is 0.0711. The van der Waals surface area contributed by atoms with Crippen LogP contribution in [-0.2, 0) is 11.3 Å². The van der Waals surface area contributed by atoms with Gasteiger partial charge in [0, 0.05) is 35.3 Å². The number of nitrogens with zero attached hydrogens (tertiary/aromatic N) is 4. The van der Waals surface area contributed by atoms with Crippen molar-refractivity contribution in [1.29, 1.82) is 0 Å². The van der Waals surface area contributed by atoms with Gasteiger partial charge in [-0.15, -0.1) is 10.2 Å². The van der Waals surface area contributed by atoms with Crippen LogP contribution in [0.4, 0.5) is 10.5 Å². The molecule has 160 valence electrons. The summed E-state index contributed by atoms with van der Waals surface area (Å²) in [4.78, 5) is 26.9. The summed E-state index contributed by atoms with van der Waals surface area (Å²) in [6.07, 6.45) is 0.886. The number of carbonyl (C=O) groups excluding carboxylic acids is 2. The van der Waals surface area contributed by atoms with Crippen molar-refractivity contribution < 1.29 is 14.3 Å². The predicted molar refractivity (Wildman–Crippen MR) is 114 cm³/mol. The Hall–Kier alpha value is -3.46. The van der Waals surface area contributed by atoms with Gasteiger partial charge >= 0.3 is 6.09 Å². The first-order valence-electron chi connectivity index (χ1n) is 9.89. The SMILES string of the molecule is O=C(Nc1cc(Cl)cc(C(=O)N2CCC(c3nn[nH]n3)CC2)c1)OCc1ccccc1. The Morgan fingerprint density at radius 1 is 1.16 bits per heavy atom. The van der Waals surface area contributed by atoms with Crippen LogP contribution < -0.4 is 5.32 Å². The van der Waals surface area contributed by atoms with Crippen LogP contribution in [0.5, 0.6) is 0 Å². The third-order valence-electron chi connectivity index (χ3n) is 5.11. The first kappa shape index (κ1) is 20.8. The van der Waals surface area contributed by atoms with Gasteiger partial charge in [-0.2, -0.15) is 5.21 Å². The lowest BCUT2D eigenvalue weighted by atomic mass is 9.95. The van der Waals surface area contributed by atoms with Crippen LogP contribution in [0.2, 0.25) is 5.02 Å². The van der Waals surface area contributed by atoms with Crippen molar-refractivity contribution in [3.63, 3.8) is 0 Å². The maximum Gasteiger partial charge on any atom is 0.411 e. The number of hydrogen-bond acceptors (Lipinski definition) is 6. The lowest BCUT2D eigenvalue weighted by Gasteiger charge is -2.30. The minimum Gasteiger partial charge on any atom is -0.444 e. The Kier molecular flexibility index (Phi) is 6.42. The number of benzene rings is 2. The topological polar surface area (TPSA) is 113 Å². The highest BCUT2D eigenvalue weighted by atomic mass is 35.5. The molecule has 0 bridgehead atoms. The van der Waals surface area contributed by atoms with Gasteiger partial charge in [0.1, 0.15) is 6.61 Å². The number of rotatable bonds is 5. The summed E-state index contributed by atoms with van der Waals surface area (Å²) >= 11 is 6.19. The number of tetrazole rings is 1. The smallest absolute Gasteiger partial charge is 0.411 e. The normalized spacial score (nSPS) is 14.3. The molecule has 1 aliphatic rings. The quantitative estimate of drug-likeness (QED) is 0.626. The first-order chi connectivity index (χ1) is 15.1. The van der Waals surface area contributed by atoms with Crippen molar-refractivity contribution in [3.8, 4) is 0 Å². The molecule has 10 heteroatoms. The van der Waals surface area contributed by atoms with E-state index in [-0.39, 0.29) is 18.4 Å². The second-order valence-corrected chi connectivity index (χ2v) is 7.69. The number of carbonyl (C=O) groups is 2. The predicted octanol–water partition coefficient (Wildman–Crippen LogP) is 3.62. The van der Waals surface area contributed by atoms with Gasteiger partial charge in [-0.3, -0.25) is 10.1 Å². The molecular formula is C21H21ClN6O3. The molecule has 1 fully saturated rings. The molecule has 2 heterocycles. The Balaban J connectivity index is 1.36. The second kappa shape index (κ2) is 9.57. The summed E-state index contributed by atoms with van der Waals surface area (Å²) in [7, 11) is 0. The molecule has 0 aliphatic carbocycles. The highest BCUT2D eigenvalue weighted by molar-refractivity contribution is 6.31. The fourth-order valence-electron chi connectivity index (χ4n) is 3.53. The van der Waals surface area contributed by atoms with E-state index in [9.17, 15) is 9.59 Å². The van der Waals surface area contributed by atoms with E-state index in [1.165, 1.54) is 0 Å². The molecule has 9 nitrogen and oxygen atoms in total. The molecule has 3 aromatic rings. The minimum absolute atomic E-state index is 0.144. The number of anilines is 1. The van der Waals surface area contributed by atoms with Gasteiger partial charge in [-0.25, -0.2) is 4.79 Å². The molecule has 1 aromatic heterocycles. The van der Waals surface area contributed by atoms with Crippen molar-refractivity contribution in [3.05, 3.63) is 70.5 Å². The number of aromatic amines is 1. The standard InChI is InChI=1S/C21H21ClN6O3/c22-17-10-16(20(29)28-8-6-15(7-9-28)19-24-26-27-25-19)11-18(12-17)23-21(30)31-13-14-4-2-1-3-5-14/h1-5,10-12,15H,6-9,13H2,(H,23,30)(H,24,25,26,27). The zero-order valence-corrected chi connectivity index (χ0v) is 17.4. The Morgan fingerprint density at radius 3 is 2.65 bits per heavy atom. The molecule has 0 atom stereocenters. The van der Waals surface area contributed by atoms with Crippen LogP contribution in [0.3, 0.4) is 0 Å². The second-order valence-electron chi connectivity index (χ2n) is 7.25. The number of aromatic nitrogens is 4. The van der Waals surface area contributed by atoms with Crippen LogP contribution in [0.25, 0.3) is 0 Å². The van der Waals surface area contributed by atoms with Gasteiger partial charge in [0.25, 0.3) is 5.91 Å². The summed E-state index contributed by atoms with van der Waals surface area (Å²) in [5.41, 5.74) is 1.68. The van der Waals surface area contributed by atoms with E-state index in [2.05, 4.69) is 25.9 Å². The average Bonchev–Trinajstić information content (AvgIpc) is 3.33. The van der Waals surface area contributed by atoms with Gasteiger partial charge in [0.15, 0.2) is 5.82 Å². The van der Waals surface area contributed by atoms with Crippen LogP contribution in [0.1, 0.15) is 40.5 Å².